The first-order valence-corrected chi connectivity index (χ1v) is 8.15. The normalized spacial score (nSPS) is 31.5. The molecule has 2 aromatic heterocycles. The molecule has 3 aliphatic heterocycles. The van der Waals surface area contributed by atoms with Gasteiger partial charge in [-0.3, -0.25) is 9.69 Å². The van der Waals surface area contributed by atoms with Gasteiger partial charge in [-0.15, -0.1) is 0 Å². The fourth-order valence-electron chi connectivity index (χ4n) is 4.53. The second-order valence-electron chi connectivity index (χ2n) is 6.91. The van der Waals surface area contributed by atoms with Crippen LogP contribution in [0.1, 0.15) is 36.2 Å². The van der Waals surface area contributed by atoms with Gasteiger partial charge in [-0.2, -0.15) is 0 Å². The molecule has 2 aromatic rings. The fourth-order valence-corrected chi connectivity index (χ4v) is 4.53. The van der Waals surface area contributed by atoms with Crippen LogP contribution in [0, 0.1) is 5.92 Å². The van der Waals surface area contributed by atoms with E-state index in [4.69, 9.17) is 4.42 Å². The first-order valence-electron chi connectivity index (χ1n) is 8.15. The summed E-state index contributed by atoms with van der Waals surface area (Å²) in [7, 11) is 0. The van der Waals surface area contributed by atoms with Crippen molar-refractivity contribution in [3.63, 3.8) is 0 Å². The van der Waals surface area contributed by atoms with E-state index in [0.717, 1.165) is 11.0 Å². The maximum absolute atomic E-state index is 12.6. The quantitative estimate of drug-likeness (QED) is 0.923. The number of furan rings is 1. The van der Waals surface area contributed by atoms with Crippen LogP contribution in [-0.2, 0) is 0 Å². The third kappa shape index (κ3) is 1.69. The van der Waals surface area contributed by atoms with Crippen molar-refractivity contribution in [2.75, 3.05) is 13.1 Å². The topological polar surface area (TPSA) is 58.4 Å². The lowest BCUT2D eigenvalue weighted by Crippen LogP contribution is -2.65. The molecule has 1 spiro atoms. The van der Waals surface area contributed by atoms with Crippen molar-refractivity contribution in [2.24, 2.45) is 5.92 Å². The first kappa shape index (κ1) is 12.6. The summed E-state index contributed by atoms with van der Waals surface area (Å²) in [6, 6.07) is 3.98. The second kappa shape index (κ2) is 4.32. The van der Waals surface area contributed by atoms with Crippen LogP contribution < -0.4 is 5.32 Å². The summed E-state index contributed by atoms with van der Waals surface area (Å²) in [5, 5.41) is 4.23. The van der Waals surface area contributed by atoms with Gasteiger partial charge in [-0.1, -0.05) is 0 Å². The molecule has 0 radical (unpaired) electrons. The SMILES string of the molecule is O=C(NC1C2CCN(CC2)C12CC2)c1cc2ccoc2cn1. The Labute approximate surface area is 128 Å². The van der Waals surface area contributed by atoms with Crippen molar-refractivity contribution < 1.29 is 9.21 Å². The monoisotopic (exact) mass is 297 g/mol. The molecular weight excluding hydrogens is 278 g/mol. The molecule has 1 amide bonds. The van der Waals surface area contributed by atoms with Crippen LogP contribution in [0.3, 0.4) is 0 Å². The highest BCUT2D eigenvalue weighted by molar-refractivity contribution is 5.95. The van der Waals surface area contributed by atoms with Crippen LogP contribution in [0.5, 0.6) is 0 Å². The van der Waals surface area contributed by atoms with Crippen molar-refractivity contribution in [3.05, 3.63) is 30.3 Å². The number of carbonyl (C=O) groups excluding carboxylic acids is 1. The average molecular weight is 297 g/mol. The lowest BCUT2D eigenvalue weighted by Gasteiger charge is -2.52. The van der Waals surface area contributed by atoms with E-state index >= 15 is 0 Å². The highest BCUT2D eigenvalue weighted by atomic mass is 16.3. The third-order valence-electron chi connectivity index (χ3n) is 5.84. The summed E-state index contributed by atoms with van der Waals surface area (Å²) in [6.45, 7) is 2.41. The Hall–Kier alpha value is -1.88. The number of fused-ring (bicyclic) bond motifs is 3. The lowest BCUT2D eigenvalue weighted by atomic mass is 9.77. The number of aromatic nitrogens is 1. The number of piperidine rings is 3. The third-order valence-corrected chi connectivity index (χ3v) is 5.84. The van der Waals surface area contributed by atoms with E-state index in [1.165, 1.54) is 38.8 Å². The van der Waals surface area contributed by atoms with Gasteiger partial charge in [0.25, 0.3) is 5.91 Å². The van der Waals surface area contributed by atoms with Gasteiger partial charge in [0, 0.05) is 10.9 Å². The van der Waals surface area contributed by atoms with Crippen LogP contribution in [0.2, 0.25) is 0 Å². The molecule has 5 heteroatoms. The van der Waals surface area contributed by atoms with Gasteiger partial charge >= 0.3 is 0 Å². The van der Waals surface area contributed by atoms with Gasteiger partial charge in [0.05, 0.1) is 18.5 Å². The highest BCUT2D eigenvalue weighted by Crippen LogP contribution is 2.53. The number of nitrogens with one attached hydrogen (secondary N) is 1. The molecule has 3 saturated heterocycles. The van der Waals surface area contributed by atoms with Crippen molar-refractivity contribution in [3.8, 4) is 0 Å². The number of rotatable bonds is 2. The molecule has 5 nitrogen and oxygen atoms in total. The van der Waals surface area contributed by atoms with E-state index in [1.807, 2.05) is 12.1 Å². The van der Waals surface area contributed by atoms with Crippen molar-refractivity contribution >= 4 is 16.9 Å². The summed E-state index contributed by atoms with van der Waals surface area (Å²) in [5.74, 6) is 0.585. The Morgan fingerprint density at radius 2 is 2.18 bits per heavy atom. The smallest absolute Gasteiger partial charge is 0.270 e. The molecule has 1 unspecified atom stereocenters. The summed E-state index contributed by atoms with van der Waals surface area (Å²) in [6.07, 6.45) is 8.13. The zero-order chi connectivity index (χ0) is 14.7. The van der Waals surface area contributed by atoms with Gasteiger partial charge in [0.2, 0.25) is 0 Å². The van der Waals surface area contributed by atoms with E-state index in [0.29, 0.717) is 17.7 Å². The minimum Gasteiger partial charge on any atom is -0.463 e. The predicted molar refractivity (Wildman–Crippen MR) is 81.5 cm³/mol. The Kier molecular flexibility index (Phi) is 2.48. The zero-order valence-corrected chi connectivity index (χ0v) is 12.4. The maximum Gasteiger partial charge on any atom is 0.270 e. The van der Waals surface area contributed by atoms with Gasteiger partial charge in [0.15, 0.2) is 5.58 Å². The summed E-state index contributed by atoms with van der Waals surface area (Å²) < 4.78 is 5.29. The van der Waals surface area contributed by atoms with Gasteiger partial charge in [-0.25, -0.2) is 4.98 Å². The van der Waals surface area contributed by atoms with E-state index < -0.39 is 0 Å². The first-order chi connectivity index (χ1) is 10.8. The molecule has 5 heterocycles. The number of hydrogen-bond acceptors (Lipinski definition) is 4. The summed E-state index contributed by atoms with van der Waals surface area (Å²) >= 11 is 0. The number of amides is 1. The molecule has 1 saturated carbocycles. The summed E-state index contributed by atoms with van der Waals surface area (Å²) in [5.41, 5.74) is 1.47. The maximum atomic E-state index is 12.6. The largest absolute Gasteiger partial charge is 0.463 e. The molecule has 1 atom stereocenters. The minimum absolute atomic E-state index is 0.0480. The Morgan fingerprint density at radius 3 is 2.95 bits per heavy atom. The zero-order valence-electron chi connectivity index (χ0n) is 12.4. The molecule has 1 N–H and O–H groups in total. The molecule has 0 aromatic carbocycles. The van der Waals surface area contributed by atoms with Gasteiger partial charge in [0.1, 0.15) is 5.69 Å². The van der Waals surface area contributed by atoms with Crippen LogP contribution in [-0.4, -0.2) is 40.5 Å². The molecule has 22 heavy (non-hydrogen) atoms. The van der Waals surface area contributed by atoms with Crippen LogP contribution in [0.15, 0.2) is 29.0 Å². The van der Waals surface area contributed by atoms with Gasteiger partial charge < -0.3 is 9.73 Å². The highest BCUT2D eigenvalue weighted by Gasteiger charge is 2.60. The van der Waals surface area contributed by atoms with E-state index in [9.17, 15) is 4.79 Å². The number of nitrogens with zero attached hydrogens (tertiary/aromatic N) is 2. The molecule has 6 rings (SSSR count). The fraction of sp³-hybridized carbons (Fsp3) is 0.529. The van der Waals surface area contributed by atoms with Crippen LogP contribution in [0.4, 0.5) is 0 Å². The molecule has 114 valence electrons. The van der Waals surface area contributed by atoms with Crippen LogP contribution >= 0.6 is 0 Å². The minimum atomic E-state index is -0.0480. The van der Waals surface area contributed by atoms with Crippen molar-refractivity contribution in [1.82, 2.24) is 15.2 Å². The average Bonchev–Trinajstić information content (AvgIpc) is 3.18. The summed E-state index contributed by atoms with van der Waals surface area (Å²) in [4.78, 5) is 19.5. The van der Waals surface area contributed by atoms with E-state index in [2.05, 4.69) is 15.2 Å². The Bertz CT molecular complexity index is 741. The van der Waals surface area contributed by atoms with Crippen LogP contribution in [0.25, 0.3) is 11.0 Å². The standard InChI is InChI=1S/C17H19N3O2/c21-16(13-9-12-3-8-22-14(12)10-18-13)19-15-11-1-6-20(7-2-11)17(15)4-5-17/h3,8-11,15H,1-2,4-7H2,(H,19,21). The Morgan fingerprint density at radius 1 is 1.36 bits per heavy atom. The molecular formula is C17H19N3O2. The Balaban J connectivity index is 1.42. The molecule has 1 aliphatic carbocycles. The number of hydrogen-bond donors (Lipinski definition) is 1. The van der Waals surface area contributed by atoms with Crippen molar-refractivity contribution in [1.29, 1.82) is 0 Å². The van der Waals surface area contributed by atoms with Gasteiger partial charge in [-0.05, 0) is 56.8 Å². The second-order valence-corrected chi connectivity index (χ2v) is 6.91. The van der Waals surface area contributed by atoms with E-state index in [-0.39, 0.29) is 11.4 Å². The lowest BCUT2D eigenvalue weighted by molar-refractivity contribution is -0.00152. The van der Waals surface area contributed by atoms with Crippen molar-refractivity contribution in [2.45, 2.75) is 37.3 Å². The number of pyridine rings is 1. The molecule has 4 aliphatic rings. The number of carbonyl (C=O) groups is 1. The predicted octanol–water partition coefficient (Wildman–Crippen LogP) is 2.18. The van der Waals surface area contributed by atoms with E-state index in [1.54, 1.807) is 12.5 Å². The molecule has 4 fully saturated rings. The molecule has 2 bridgehead atoms.